The lowest BCUT2D eigenvalue weighted by molar-refractivity contribution is 0.404. The van der Waals surface area contributed by atoms with Crippen molar-refractivity contribution in [2.45, 2.75) is 26.2 Å². The molecule has 98 valence electrons. The van der Waals surface area contributed by atoms with Crippen molar-refractivity contribution >= 4 is 22.9 Å². The zero-order valence-corrected chi connectivity index (χ0v) is 11.5. The van der Waals surface area contributed by atoms with E-state index >= 15 is 0 Å². The van der Waals surface area contributed by atoms with Crippen LogP contribution in [0, 0.1) is 11.7 Å². The molecule has 1 heterocycles. The first-order valence-electron chi connectivity index (χ1n) is 6.46. The Morgan fingerprint density at radius 2 is 2.33 bits per heavy atom. The van der Waals surface area contributed by atoms with Crippen LogP contribution in [-0.2, 0) is 0 Å². The standard InChI is InChI=1S/C14H19FN2S/c1-2-10-4-3-7-17(9-10)13-6-5-11(15)8-12(13)14(16)18/h5-6,8,10H,2-4,7,9H2,1H3,(H2,16,18). The number of nitrogens with zero attached hydrogens (tertiary/aromatic N) is 1. The molecule has 2 rings (SSSR count). The third-order valence-electron chi connectivity index (χ3n) is 3.66. The molecule has 0 amide bonds. The number of thiocarbonyl (C=S) groups is 1. The Hall–Kier alpha value is -1.16. The summed E-state index contributed by atoms with van der Waals surface area (Å²) >= 11 is 5.02. The van der Waals surface area contributed by atoms with Crippen molar-refractivity contribution < 1.29 is 4.39 Å². The molecule has 0 bridgehead atoms. The normalized spacial score (nSPS) is 19.9. The Morgan fingerprint density at radius 1 is 1.56 bits per heavy atom. The minimum atomic E-state index is -0.286. The van der Waals surface area contributed by atoms with Crippen LogP contribution in [0.2, 0.25) is 0 Å². The molecule has 0 saturated carbocycles. The van der Waals surface area contributed by atoms with Crippen molar-refractivity contribution in [3.8, 4) is 0 Å². The molecule has 1 aromatic carbocycles. The van der Waals surface area contributed by atoms with Gasteiger partial charge in [0.05, 0.1) is 0 Å². The van der Waals surface area contributed by atoms with Gasteiger partial charge in [0, 0.05) is 24.3 Å². The van der Waals surface area contributed by atoms with Gasteiger partial charge < -0.3 is 10.6 Å². The van der Waals surface area contributed by atoms with Gasteiger partial charge in [0.15, 0.2) is 0 Å². The van der Waals surface area contributed by atoms with Crippen LogP contribution in [0.1, 0.15) is 31.7 Å². The van der Waals surface area contributed by atoms with Crippen LogP contribution in [0.5, 0.6) is 0 Å². The summed E-state index contributed by atoms with van der Waals surface area (Å²) in [6.45, 7) is 4.22. The van der Waals surface area contributed by atoms with E-state index < -0.39 is 0 Å². The Bertz CT molecular complexity index is 447. The first-order chi connectivity index (χ1) is 8.61. The molecule has 1 aliphatic rings. The Kier molecular flexibility index (Phi) is 4.17. The highest BCUT2D eigenvalue weighted by molar-refractivity contribution is 7.80. The molecule has 1 aromatic rings. The largest absolute Gasteiger partial charge is 0.389 e. The van der Waals surface area contributed by atoms with E-state index in [4.69, 9.17) is 18.0 Å². The number of hydrogen-bond donors (Lipinski definition) is 1. The molecule has 0 aromatic heterocycles. The lowest BCUT2D eigenvalue weighted by atomic mass is 9.94. The molecule has 1 saturated heterocycles. The monoisotopic (exact) mass is 266 g/mol. The van der Waals surface area contributed by atoms with Crippen molar-refractivity contribution in [2.75, 3.05) is 18.0 Å². The lowest BCUT2D eigenvalue weighted by Gasteiger charge is -2.35. The number of hydrogen-bond acceptors (Lipinski definition) is 2. The summed E-state index contributed by atoms with van der Waals surface area (Å²) in [5.74, 6) is 0.425. The summed E-state index contributed by atoms with van der Waals surface area (Å²) in [6, 6.07) is 4.71. The number of benzene rings is 1. The summed E-state index contributed by atoms with van der Waals surface area (Å²) in [7, 11) is 0. The third-order valence-corrected chi connectivity index (χ3v) is 3.88. The van der Waals surface area contributed by atoms with E-state index in [1.165, 1.54) is 31.4 Å². The van der Waals surface area contributed by atoms with Crippen LogP contribution < -0.4 is 10.6 Å². The van der Waals surface area contributed by atoms with E-state index in [9.17, 15) is 4.39 Å². The highest BCUT2D eigenvalue weighted by Crippen LogP contribution is 2.28. The summed E-state index contributed by atoms with van der Waals surface area (Å²) < 4.78 is 13.3. The van der Waals surface area contributed by atoms with Crippen molar-refractivity contribution in [1.82, 2.24) is 0 Å². The van der Waals surface area contributed by atoms with Crippen LogP contribution in [-0.4, -0.2) is 18.1 Å². The third kappa shape index (κ3) is 2.80. The van der Waals surface area contributed by atoms with Crippen LogP contribution >= 0.6 is 12.2 Å². The number of piperidine rings is 1. The summed E-state index contributed by atoms with van der Waals surface area (Å²) in [5, 5.41) is 0. The minimum absolute atomic E-state index is 0.267. The molecular formula is C14H19FN2S. The topological polar surface area (TPSA) is 29.3 Å². The Morgan fingerprint density at radius 3 is 3.00 bits per heavy atom. The summed E-state index contributed by atoms with van der Waals surface area (Å²) in [4.78, 5) is 2.55. The second-order valence-electron chi connectivity index (χ2n) is 4.89. The second-order valence-corrected chi connectivity index (χ2v) is 5.33. The van der Waals surface area contributed by atoms with Gasteiger partial charge in [-0.1, -0.05) is 25.6 Å². The van der Waals surface area contributed by atoms with E-state index in [-0.39, 0.29) is 10.8 Å². The van der Waals surface area contributed by atoms with E-state index in [2.05, 4.69) is 11.8 Å². The van der Waals surface area contributed by atoms with Crippen LogP contribution in [0.3, 0.4) is 0 Å². The zero-order chi connectivity index (χ0) is 13.1. The number of rotatable bonds is 3. The maximum absolute atomic E-state index is 13.3. The molecule has 1 fully saturated rings. The van der Waals surface area contributed by atoms with E-state index in [0.29, 0.717) is 11.5 Å². The van der Waals surface area contributed by atoms with E-state index in [0.717, 1.165) is 18.8 Å². The minimum Gasteiger partial charge on any atom is -0.389 e. The van der Waals surface area contributed by atoms with Gasteiger partial charge in [0.2, 0.25) is 0 Å². The van der Waals surface area contributed by atoms with Crippen molar-refractivity contribution in [2.24, 2.45) is 11.7 Å². The first kappa shape index (κ1) is 13.3. The van der Waals surface area contributed by atoms with Crippen molar-refractivity contribution in [1.29, 1.82) is 0 Å². The van der Waals surface area contributed by atoms with Crippen LogP contribution in [0.25, 0.3) is 0 Å². The molecule has 0 spiro atoms. The van der Waals surface area contributed by atoms with Gasteiger partial charge >= 0.3 is 0 Å². The van der Waals surface area contributed by atoms with Gasteiger partial charge in [-0.3, -0.25) is 0 Å². The molecular weight excluding hydrogens is 247 g/mol. The smallest absolute Gasteiger partial charge is 0.124 e. The maximum Gasteiger partial charge on any atom is 0.124 e. The van der Waals surface area contributed by atoms with Crippen LogP contribution in [0.15, 0.2) is 18.2 Å². The lowest BCUT2D eigenvalue weighted by Crippen LogP contribution is -2.36. The number of anilines is 1. The average molecular weight is 266 g/mol. The molecule has 1 aliphatic heterocycles. The maximum atomic E-state index is 13.3. The molecule has 18 heavy (non-hydrogen) atoms. The highest BCUT2D eigenvalue weighted by atomic mass is 32.1. The number of halogens is 1. The van der Waals surface area contributed by atoms with Gasteiger partial charge in [-0.05, 0) is 37.0 Å². The second kappa shape index (κ2) is 5.65. The highest BCUT2D eigenvalue weighted by Gasteiger charge is 2.21. The molecule has 4 heteroatoms. The SMILES string of the molecule is CCC1CCCN(c2ccc(F)cc2C(N)=S)C1. The molecule has 0 aliphatic carbocycles. The molecule has 1 atom stereocenters. The molecule has 0 radical (unpaired) electrons. The van der Waals surface area contributed by atoms with Gasteiger partial charge in [0.25, 0.3) is 0 Å². The predicted octanol–water partition coefficient (Wildman–Crippen LogP) is 3.09. The molecule has 2 N–H and O–H groups in total. The fourth-order valence-electron chi connectivity index (χ4n) is 2.60. The van der Waals surface area contributed by atoms with Gasteiger partial charge in [-0.15, -0.1) is 0 Å². The molecule has 2 nitrogen and oxygen atoms in total. The predicted molar refractivity (Wildman–Crippen MR) is 77.5 cm³/mol. The number of nitrogens with two attached hydrogens (primary N) is 1. The average Bonchev–Trinajstić information content (AvgIpc) is 2.38. The van der Waals surface area contributed by atoms with Crippen LogP contribution in [0.4, 0.5) is 10.1 Å². The van der Waals surface area contributed by atoms with Crippen molar-refractivity contribution in [3.63, 3.8) is 0 Å². The van der Waals surface area contributed by atoms with E-state index in [1.807, 2.05) is 0 Å². The van der Waals surface area contributed by atoms with E-state index in [1.54, 1.807) is 6.07 Å². The zero-order valence-electron chi connectivity index (χ0n) is 10.7. The summed E-state index contributed by atoms with van der Waals surface area (Å²) in [5.41, 5.74) is 7.32. The Labute approximate surface area is 113 Å². The summed E-state index contributed by atoms with van der Waals surface area (Å²) in [6.07, 6.45) is 3.63. The van der Waals surface area contributed by atoms with Crippen molar-refractivity contribution in [3.05, 3.63) is 29.6 Å². The van der Waals surface area contributed by atoms with Gasteiger partial charge in [-0.2, -0.15) is 0 Å². The Balaban J connectivity index is 2.29. The first-order valence-corrected chi connectivity index (χ1v) is 6.87. The molecule has 1 unspecified atom stereocenters. The van der Waals surface area contributed by atoms with Gasteiger partial charge in [-0.25, -0.2) is 4.39 Å². The van der Waals surface area contributed by atoms with Gasteiger partial charge in [0.1, 0.15) is 10.8 Å². The quantitative estimate of drug-likeness (QED) is 0.853. The fraction of sp³-hybridized carbons (Fsp3) is 0.500. The fourth-order valence-corrected chi connectivity index (χ4v) is 2.76.